The number of amides is 1. The third-order valence-corrected chi connectivity index (χ3v) is 3.77. The molecule has 5 nitrogen and oxygen atoms in total. The molecule has 2 rings (SSSR count). The number of nitrogens with two attached hydrogens (primary N) is 1. The lowest BCUT2D eigenvalue weighted by molar-refractivity contribution is -0.122. The SMILES string of the molecule is Cc1ccc(C(N)C(=O)NCCCN2CCOCC2)cc1. The number of carbonyl (C=O) groups is 1. The van der Waals surface area contributed by atoms with Crippen LogP contribution in [0.2, 0.25) is 0 Å². The summed E-state index contributed by atoms with van der Waals surface area (Å²) in [5.41, 5.74) is 7.99. The Bertz CT molecular complexity index is 441. The van der Waals surface area contributed by atoms with Crippen molar-refractivity contribution in [2.45, 2.75) is 19.4 Å². The molecule has 1 aliphatic rings. The van der Waals surface area contributed by atoms with E-state index >= 15 is 0 Å². The highest BCUT2D eigenvalue weighted by Crippen LogP contribution is 2.11. The minimum atomic E-state index is -0.589. The van der Waals surface area contributed by atoms with Gasteiger partial charge in [0.15, 0.2) is 0 Å². The number of hydrogen-bond donors (Lipinski definition) is 2. The molecule has 0 bridgehead atoms. The molecule has 1 unspecified atom stereocenters. The summed E-state index contributed by atoms with van der Waals surface area (Å²) in [5, 5.41) is 2.91. The molecule has 3 N–H and O–H groups in total. The molecule has 0 aromatic heterocycles. The number of ether oxygens (including phenoxy) is 1. The Morgan fingerprint density at radius 2 is 2.00 bits per heavy atom. The van der Waals surface area contributed by atoms with E-state index in [1.54, 1.807) is 0 Å². The van der Waals surface area contributed by atoms with Crippen molar-refractivity contribution >= 4 is 5.91 Å². The van der Waals surface area contributed by atoms with Crippen LogP contribution >= 0.6 is 0 Å². The summed E-state index contributed by atoms with van der Waals surface area (Å²) in [5.74, 6) is -0.110. The summed E-state index contributed by atoms with van der Waals surface area (Å²) >= 11 is 0. The lowest BCUT2D eigenvalue weighted by Crippen LogP contribution is -2.39. The highest BCUT2D eigenvalue weighted by atomic mass is 16.5. The highest BCUT2D eigenvalue weighted by molar-refractivity contribution is 5.82. The predicted octanol–water partition coefficient (Wildman–Crippen LogP) is 0.833. The fourth-order valence-corrected chi connectivity index (χ4v) is 2.37. The summed E-state index contributed by atoms with van der Waals surface area (Å²) in [6.45, 7) is 7.25. The maximum atomic E-state index is 12.0. The summed E-state index contributed by atoms with van der Waals surface area (Å²) in [7, 11) is 0. The van der Waals surface area contributed by atoms with Crippen molar-refractivity contribution in [2.24, 2.45) is 5.73 Å². The topological polar surface area (TPSA) is 67.6 Å². The molecule has 1 aromatic rings. The second-order valence-corrected chi connectivity index (χ2v) is 5.49. The minimum absolute atomic E-state index is 0.110. The van der Waals surface area contributed by atoms with Gasteiger partial charge < -0.3 is 15.8 Å². The van der Waals surface area contributed by atoms with Crippen LogP contribution in [-0.4, -0.2) is 50.2 Å². The van der Waals surface area contributed by atoms with Crippen LogP contribution in [-0.2, 0) is 9.53 Å². The molecule has 0 radical (unpaired) electrons. The molecule has 21 heavy (non-hydrogen) atoms. The summed E-state index contributed by atoms with van der Waals surface area (Å²) in [6, 6.07) is 7.18. The molecule has 5 heteroatoms. The van der Waals surface area contributed by atoms with Crippen molar-refractivity contribution in [3.8, 4) is 0 Å². The van der Waals surface area contributed by atoms with Gasteiger partial charge in [-0.3, -0.25) is 9.69 Å². The van der Waals surface area contributed by atoms with Crippen LogP contribution in [0.1, 0.15) is 23.6 Å². The molecule has 1 amide bonds. The van der Waals surface area contributed by atoms with Crippen LogP contribution in [0.3, 0.4) is 0 Å². The Morgan fingerprint density at radius 1 is 1.33 bits per heavy atom. The third kappa shape index (κ3) is 5.12. The monoisotopic (exact) mass is 291 g/mol. The van der Waals surface area contributed by atoms with E-state index in [1.165, 1.54) is 0 Å². The van der Waals surface area contributed by atoms with E-state index in [0.717, 1.165) is 50.4 Å². The van der Waals surface area contributed by atoms with Gasteiger partial charge in [0.2, 0.25) is 5.91 Å². The normalized spacial score (nSPS) is 17.4. The molecule has 1 fully saturated rings. The van der Waals surface area contributed by atoms with Crippen molar-refractivity contribution in [1.82, 2.24) is 10.2 Å². The van der Waals surface area contributed by atoms with Gasteiger partial charge in [0.25, 0.3) is 0 Å². The summed E-state index contributed by atoms with van der Waals surface area (Å²) < 4.78 is 5.31. The van der Waals surface area contributed by atoms with Crippen molar-refractivity contribution in [3.05, 3.63) is 35.4 Å². The summed E-state index contributed by atoms with van der Waals surface area (Å²) in [4.78, 5) is 14.4. The number of hydrogen-bond acceptors (Lipinski definition) is 4. The van der Waals surface area contributed by atoms with Crippen LogP contribution in [0.4, 0.5) is 0 Å². The van der Waals surface area contributed by atoms with Gasteiger partial charge in [-0.15, -0.1) is 0 Å². The van der Waals surface area contributed by atoms with Gasteiger partial charge in [-0.1, -0.05) is 29.8 Å². The Hall–Kier alpha value is -1.43. The van der Waals surface area contributed by atoms with Crippen molar-refractivity contribution in [2.75, 3.05) is 39.4 Å². The van der Waals surface area contributed by atoms with Crippen LogP contribution in [0.25, 0.3) is 0 Å². The average Bonchev–Trinajstić information content (AvgIpc) is 2.52. The van der Waals surface area contributed by atoms with Gasteiger partial charge in [0, 0.05) is 19.6 Å². The van der Waals surface area contributed by atoms with Gasteiger partial charge in [-0.2, -0.15) is 0 Å². The molecule has 1 aliphatic heterocycles. The standard InChI is InChI=1S/C16H25N3O2/c1-13-3-5-14(6-4-13)15(17)16(20)18-7-2-8-19-9-11-21-12-10-19/h3-6,15H,2,7-12,17H2,1H3,(H,18,20). The lowest BCUT2D eigenvalue weighted by atomic mass is 10.1. The van der Waals surface area contributed by atoms with Gasteiger partial charge in [-0.05, 0) is 25.5 Å². The second-order valence-electron chi connectivity index (χ2n) is 5.49. The predicted molar refractivity (Wildman–Crippen MR) is 83.0 cm³/mol. The Balaban J connectivity index is 1.67. The molecule has 116 valence electrons. The molecular formula is C16H25N3O2. The Morgan fingerprint density at radius 3 is 2.67 bits per heavy atom. The molecular weight excluding hydrogens is 266 g/mol. The van der Waals surface area contributed by atoms with Gasteiger partial charge in [-0.25, -0.2) is 0 Å². The van der Waals surface area contributed by atoms with Crippen molar-refractivity contribution < 1.29 is 9.53 Å². The third-order valence-electron chi connectivity index (χ3n) is 3.77. The molecule has 1 saturated heterocycles. The molecule has 0 saturated carbocycles. The van der Waals surface area contributed by atoms with Crippen LogP contribution in [0.5, 0.6) is 0 Å². The van der Waals surface area contributed by atoms with E-state index in [4.69, 9.17) is 10.5 Å². The van der Waals surface area contributed by atoms with Gasteiger partial charge >= 0.3 is 0 Å². The fourth-order valence-electron chi connectivity index (χ4n) is 2.37. The first kappa shape index (κ1) is 15.9. The largest absolute Gasteiger partial charge is 0.379 e. The van der Waals surface area contributed by atoms with Gasteiger partial charge in [0.05, 0.1) is 13.2 Å². The number of morpholine rings is 1. The minimum Gasteiger partial charge on any atom is -0.379 e. The average molecular weight is 291 g/mol. The quantitative estimate of drug-likeness (QED) is 0.762. The molecule has 0 spiro atoms. The summed E-state index contributed by atoms with van der Waals surface area (Å²) in [6.07, 6.45) is 0.937. The Labute approximate surface area is 126 Å². The van der Waals surface area contributed by atoms with Crippen molar-refractivity contribution in [1.29, 1.82) is 0 Å². The van der Waals surface area contributed by atoms with Gasteiger partial charge in [0.1, 0.15) is 6.04 Å². The number of carbonyl (C=O) groups excluding carboxylic acids is 1. The molecule has 1 atom stereocenters. The fraction of sp³-hybridized carbons (Fsp3) is 0.562. The zero-order valence-electron chi connectivity index (χ0n) is 12.7. The second kappa shape index (κ2) is 8.12. The van der Waals surface area contributed by atoms with Crippen LogP contribution in [0, 0.1) is 6.92 Å². The Kier molecular flexibility index (Phi) is 6.17. The molecule has 1 aromatic carbocycles. The zero-order chi connectivity index (χ0) is 15.1. The van der Waals surface area contributed by atoms with Crippen LogP contribution in [0.15, 0.2) is 24.3 Å². The van der Waals surface area contributed by atoms with E-state index in [9.17, 15) is 4.79 Å². The zero-order valence-corrected chi connectivity index (χ0v) is 12.7. The smallest absolute Gasteiger partial charge is 0.241 e. The molecule has 0 aliphatic carbocycles. The lowest BCUT2D eigenvalue weighted by Gasteiger charge is -2.26. The molecule has 1 heterocycles. The van der Waals surface area contributed by atoms with E-state index < -0.39 is 6.04 Å². The first-order valence-corrected chi connectivity index (χ1v) is 7.57. The van der Waals surface area contributed by atoms with E-state index in [0.29, 0.717) is 6.54 Å². The number of nitrogens with one attached hydrogen (secondary N) is 1. The van der Waals surface area contributed by atoms with E-state index in [1.807, 2.05) is 31.2 Å². The van der Waals surface area contributed by atoms with E-state index in [2.05, 4.69) is 10.2 Å². The van der Waals surface area contributed by atoms with Crippen LogP contribution < -0.4 is 11.1 Å². The van der Waals surface area contributed by atoms with E-state index in [-0.39, 0.29) is 5.91 Å². The van der Waals surface area contributed by atoms with Crippen molar-refractivity contribution in [3.63, 3.8) is 0 Å². The number of nitrogens with zero attached hydrogens (tertiary/aromatic N) is 1. The number of aryl methyl sites for hydroxylation is 1. The highest BCUT2D eigenvalue weighted by Gasteiger charge is 2.15. The first-order chi connectivity index (χ1) is 10.2. The number of benzene rings is 1. The number of rotatable bonds is 6. The maximum absolute atomic E-state index is 12.0. The maximum Gasteiger partial charge on any atom is 0.241 e. The first-order valence-electron chi connectivity index (χ1n) is 7.57.